The van der Waals surface area contributed by atoms with E-state index in [1.165, 1.54) is 10.5 Å². The first kappa shape index (κ1) is 21.8. The fraction of sp³-hybridized carbons (Fsp3) is 0.107. The lowest BCUT2D eigenvalue weighted by molar-refractivity contribution is -0.122. The Labute approximate surface area is 203 Å². The highest BCUT2D eigenvalue weighted by Gasteiger charge is 2.35. The number of aryl methyl sites for hydroxylation is 2. The Morgan fingerprint density at radius 3 is 2.44 bits per heavy atom. The molecule has 34 heavy (non-hydrogen) atoms. The molecular formula is C28H23N3O2S. The van der Waals surface area contributed by atoms with Crippen LogP contribution in [0.3, 0.4) is 0 Å². The maximum Gasteiger partial charge on any atom is 0.270 e. The van der Waals surface area contributed by atoms with Crippen LogP contribution < -0.4 is 10.2 Å². The zero-order valence-corrected chi connectivity index (χ0v) is 19.7. The minimum atomic E-state index is -0.490. The van der Waals surface area contributed by atoms with Gasteiger partial charge in [0.2, 0.25) is 0 Å². The number of amides is 2. The molecule has 1 aromatic heterocycles. The summed E-state index contributed by atoms with van der Waals surface area (Å²) in [7, 11) is 0. The summed E-state index contributed by atoms with van der Waals surface area (Å²) in [5.41, 5.74) is 5.71. The number of thiocarbonyl (C=S) groups is 1. The molecule has 0 spiro atoms. The van der Waals surface area contributed by atoms with Gasteiger partial charge in [-0.3, -0.25) is 19.8 Å². The molecule has 5 nitrogen and oxygen atoms in total. The first-order valence-electron chi connectivity index (χ1n) is 11.0. The molecule has 3 aromatic carbocycles. The Bertz CT molecular complexity index is 1480. The summed E-state index contributed by atoms with van der Waals surface area (Å²) in [6, 6.07) is 23.9. The van der Waals surface area contributed by atoms with E-state index in [9.17, 15) is 9.59 Å². The first-order chi connectivity index (χ1) is 16.4. The number of nitrogens with one attached hydrogen (secondary N) is 1. The van der Waals surface area contributed by atoms with Gasteiger partial charge in [-0.05, 0) is 55.4 Å². The lowest BCUT2D eigenvalue weighted by Gasteiger charge is -2.30. The predicted molar refractivity (Wildman–Crippen MR) is 140 cm³/mol. The Balaban J connectivity index is 1.58. The van der Waals surface area contributed by atoms with Gasteiger partial charge in [0.15, 0.2) is 5.11 Å². The summed E-state index contributed by atoms with van der Waals surface area (Å²) in [6.07, 6.45) is 3.65. The molecule has 0 atom stereocenters. The summed E-state index contributed by atoms with van der Waals surface area (Å²) in [5.74, 6) is -0.920. The fourth-order valence-corrected chi connectivity index (χ4v) is 4.66. The minimum absolute atomic E-state index is 0.0520. The molecule has 0 radical (unpaired) electrons. The van der Waals surface area contributed by atoms with E-state index in [2.05, 4.69) is 22.0 Å². The largest absolute Gasteiger partial charge is 0.342 e. The van der Waals surface area contributed by atoms with E-state index in [0.29, 0.717) is 12.2 Å². The number of carbonyl (C=O) groups excluding carboxylic acids is 2. The quantitative estimate of drug-likeness (QED) is 0.258. The molecule has 0 saturated carbocycles. The van der Waals surface area contributed by atoms with Crippen molar-refractivity contribution in [1.29, 1.82) is 0 Å². The molecule has 1 fully saturated rings. The highest BCUT2D eigenvalue weighted by molar-refractivity contribution is 7.80. The van der Waals surface area contributed by atoms with E-state index in [-0.39, 0.29) is 10.7 Å². The summed E-state index contributed by atoms with van der Waals surface area (Å²) in [4.78, 5) is 27.8. The smallest absolute Gasteiger partial charge is 0.270 e. The molecular weight excluding hydrogens is 442 g/mol. The second-order valence-electron chi connectivity index (χ2n) is 8.46. The van der Waals surface area contributed by atoms with Gasteiger partial charge in [-0.2, -0.15) is 0 Å². The Hall–Kier alpha value is -4.03. The third-order valence-corrected chi connectivity index (χ3v) is 6.29. The summed E-state index contributed by atoms with van der Waals surface area (Å²) in [5, 5.41) is 3.75. The number of fused-ring (bicyclic) bond motifs is 1. The highest BCUT2D eigenvalue weighted by atomic mass is 32.1. The molecule has 1 saturated heterocycles. The lowest BCUT2D eigenvalue weighted by atomic mass is 10.0. The zero-order valence-electron chi connectivity index (χ0n) is 18.9. The summed E-state index contributed by atoms with van der Waals surface area (Å²) in [6.45, 7) is 4.60. The maximum atomic E-state index is 13.5. The van der Waals surface area contributed by atoms with Gasteiger partial charge in [0, 0.05) is 29.2 Å². The summed E-state index contributed by atoms with van der Waals surface area (Å²) < 4.78 is 2.13. The van der Waals surface area contributed by atoms with Crippen LogP contribution in [0.1, 0.15) is 22.3 Å². The van der Waals surface area contributed by atoms with Crippen LogP contribution >= 0.6 is 12.2 Å². The third-order valence-electron chi connectivity index (χ3n) is 6.01. The number of aromatic nitrogens is 1. The standard InChI is InChI=1S/C28H23N3O2S/c1-18-12-13-24(19(2)14-18)31-27(33)23(26(32)29-28(31)34)15-21-17-30(16-20-8-4-3-5-9-20)25-11-7-6-10-22(21)25/h3-15,17H,16H2,1-2H3,(H,29,32,34)/b23-15+. The van der Waals surface area contributed by atoms with Gasteiger partial charge in [-0.15, -0.1) is 0 Å². The number of hydrogen-bond donors (Lipinski definition) is 1. The average Bonchev–Trinajstić information content (AvgIpc) is 3.16. The van der Waals surface area contributed by atoms with E-state index >= 15 is 0 Å². The van der Waals surface area contributed by atoms with Gasteiger partial charge >= 0.3 is 0 Å². The van der Waals surface area contributed by atoms with E-state index < -0.39 is 11.8 Å². The monoisotopic (exact) mass is 465 g/mol. The molecule has 4 aromatic rings. The van der Waals surface area contributed by atoms with E-state index in [1.807, 2.05) is 80.7 Å². The van der Waals surface area contributed by atoms with E-state index in [1.54, 1.807) is 6.08 Å². The van der Waals surface area contributed by atoms with Gasteiger partial charge in [0.25, 0.3) is 11.8 Å². The molecule has 0 unspecified atom stereocenters. The van der Waals surface area contributed by atoms with Crippen LogP contribution in [-0.2, 0) is 16.1 Å². The topological polar surface area (TPSA) is 54.3 Å². The molecule has 2 heterocycles. The molecule has 0 aliphatic carbocycles. The van der Waals surface area contributed by atoms with Crippen molar-refractivity contribution >= 4 is 51.8 Å². The van der Waals surface area contributed by atoms with E-state index in [4.69, 9.17) is 12.2 Å². The lowest BCUT2D eigenvalue weighted by Crippen LogP contribution is -2.54. The van der Waals surface area contributed by atoms with Gasteiger partial charge in [0.05, 0.1) is 5.69 Å². The Morgan fingerprint density at radius 1 is 0.941 bits per heavy atom. The third kappa shape index (κ3) is 3.93. The molecule has 2 amide bonds. The van der Waals surface area contributed by atoms with Gasteiger partial charge in [-0.1, -0.05) is 66.2 Å². The number of benzene rings is 3. The number of nitrogens with zero attached hydrogens (tertiary/aromatic N) is 2. The van der Waals surface area contributed by atoms with Crippen LogP contribution in [0.2, 0.25) is 0 Å². The zero-order chi connectivity index (χ0) is 23.8. The van der Waals surface area contributed by atoms with Crippen molar-refractivity contribution in [2.24, 2.45) is 0 Å². The molecule has 5 rings (SSSR count). The number of carbonyl (C=O) groups is 2. The highest BCUT2D eigenvalue weighted by Crippen LogP contribution is 2.29. The van der Waals surface area contributed by atoms with Crippen molar-refractivity contribution in [2.75, 3.05) is 4.90 Å². The van der Waals surface area contributed by atoms with Gasteiger partial charge in [0.1, 0.15) is 5.57 Å². The average molecular weight is 466 g/mol. The SMILES string of the molecule is Cc1ccc(N2C(=O)/C(=C/c3cn(Cc4ccccc4)c4ccccc34)C(=O)NC2=S)c(C)c1. The Morgan fingerprint density at radius 2 is 1.68 bits per heavy atom. The Kier molecular flexibility index (Phi) is 5.59. The van der Waals surface area contributed by atoms with Crippen LogP contribution in [-0.4, -0.2) is 21.5 Å². The molecule has 0 bridgehead atoms. The van der Waals surface area contributed by atoms with Crippen LogP contribution in [0.5, 0.6) is 0 Å². The normalized spacial score (nSPS) is 15.3. The van der Waals surface area contributed by atoms with Crippen molar-refractivity contribution in [3.8, 4) is 0 Å². The molecule has 1 aliphatic rings. The van der Waals surface area contributed by atoms with Crippen LogP contribution in [0.15, 0.2) is 84.6 Å². The minimum Gasteiger partial charge on any atom is -0.342 e. The van der Waals surface area contributed by atoms with Gasteiger partial charge in [-0.25, -0.2) is 0 Å². The van der Waals surface area contributed by atoms with Crippen molar-refractivity contribution < 1.29 is 9.59 Å². The van der Waals surface area contributed by atoms with Gasteiger partial charge < -0.3 is 4.57 Å². The molecule has 168 valence electrons. The molecule has 1 aliphatic heterocycles. The number of rotatable bonds is 4. The van der Waals surface area contributed by atoms with Crippen molar-refractivity contribution in [3.05, 3.63) is 107 Å². The summed E-state index contributed by atoms with van der Waals surface area (Å²) >= 11 is 5.37. The number of anilines is 1. The maximum absolute atomic E-state index is 13.5. The number of hydrogen-bond acceptors (Lipinski definition) is 3. The van der Waals surface area contributed by atoms with Crippen molar-refractivity contribution in [3.63, 3.8) is 0 Å². The van der Waals surface area contributed by atoms with Crippen LogP contribution in [0.4, 0.5) is 5.69 Å². The fourth-order valence-electron chi connectivity index (χ4n) is 4.39. The first-order valence-corrected chi connectivity index (χ1v) is 11.4. The van der Waals surface area contributed by atoms with Crippen molar-refractivity contribution in [2.45, 2.75) is 20.4 Å². The van der Waals surface area contributed by atoms with Crippen LogP contribution in [0, 0.1) is 13.8 Å². The van der Waals surface area contributed by atoms with Crippen LogP contribution in [0.25, 0.3) is 17.0 Å². The predicted octanol–water partition coefficient (Wildman–Crippen LogP) is 5.14. The molecule has 1 N–H and O–H groups in total. The second kappa shape index (κ2) is 8.72. The second-order valence-corrected chi connectivity index (χ2v) is 8.85. The number of para-hydroxylation sites is 1. The van der Waals surface area contributed by atoms with E-state index in [0.717, 1.165) is 27.6 Å². The molecule has 6 heteroatoms. The van der Waals surface area contributed by atoms with Crippen molar-refractivity contribution in [1.82, 2.24) is 9.88 Å².